The van der Waals surface area contributed by atoms with Crippen LogP contribution in [0.25, 0.3) is 0 Å². The molecule has 0 aliphatic carbocycles. The van der Waals surface area contributed by atoms with Crippen LogP contribution >= 0.6 is 0 Å². The lowest BCUT2D eigenvalue weighted by Crippen LogP contribution is -2.51. The van der Waals surface area contributed by atoms with Crippen molar-refractivity contribution in [1.29, 1.82) is 0 Å². The SMILES string of the molecule is CC[C@@H]1[C@@H](c2ccccc2)N(C)[C@H](c2ccccc2)C[C@]1(O)c1ccccc1. The molecule has 0 radical (unpaired) electrons. The molecule has 0 amide bonds. The molecule has 1 saturated heterocycles. The summed E-state index contributed by atoms with van der Waals surface area (Å²) in [7, 11) is 2.21. The van der Waals surface area contributed by atoms with Crippen LogP contribution in [0.5, 0.6) is 0 Å². The first-order valence-electron chi connectivity index (χ1n) is 10.2. The van der Waals surface area contributed by atoms with Crippen LogP contribution in [-0.4, -0.2) is 17.1 Å². The van der Waals surface area contributed by atoms with Gasteiger partial charge in [0.15, 0.2) is 0 Å². The minimum atomic E-state index is -0.871. The third-order valence-corrected chi connectivity index (χ3v) is 6.47. The second-order valence-corrected chi connectivity index (χ2v) is 7.96. The third-order valence-electron chi connectivity index (χ3n) is 6.47. The molecule has 0 bridgehead atoms. The van der Waals surface area contributed by atoms with E-state index in [1.807, 2.05) is 18.2 Å². The van der Waals surface area contributed by atoms with Crippen molar-refractivity contribution in [2.45, 2.75) is 37.5 Å². The van der Waals surface area contributed by atoms with Crippen molar-refractivity contribution in [1.82, 2.24) is 4.90 Å². The van der Waals surface area contributed by atoms with Crippen molar-refractivity contribution >= 4 is 0 Å². The zero-order chi connectivity index (χ0) is 19.6. The molecule has 1 aliphatic heterocycles. The summed E-state index contributed by atoms with van der Waals surface area (Å²) in [5.74, 6) is 0.113. The van der Waals surface area contributed by atoms with E-state index in [9.17, 15) is 5.11 Å². The van der Waals surface area contributed by atoms with Gasteiger partial charge in [-0.15, -0.1) is 0 Å². The van der Waals surface area contributed by atoms with Crippen LogP contribution in [0.2, 0.25) is 0 Å². The van der Waals surface area contributed by atoms with E-state index in [-0.39, 0.29) is 18.0 Å². The average molecular weight is 372 g/mol. The van der Waals surface area contributed by atoms with Crippen LogP contribution in [0.15, 0.2) is 91.0 Å². The molecule has 1 aliphatic rings. The van der Waals surface area contributed by atoms with Crippen LogP contribution in [0.3, 0.4) is 0 Å². The van der Waals surface area contributed by atoms with Crippen molar-refractivity contribution in [3.05, 3.63) is 108 Å². The molecule has 28 heavy (non-hydrogen) atoms. The predicted molar refractivity (Wildman–Crippen MR) is 115 cm³/mol. The Hall–Kier alpha value is -2.42. The molecule has 2 heteroatoms. The molecule has 1 N–H and O–H groups in total. The third kappa shape index (κ3) is 3.28. The lowest BCUT2D eigenvalue weighted by atomic mass is 9.66. The number of rotatable bonds is 4. The van der Waals surface area contributed by atoms with Crippen LogP contribution in [0, 0.1) is 5.92 Å². The molecule has 4 rings (SSSR count). The maximum absolute atomic E-state index is 12.2. The minimum Gasteiger partial charge on any atom is -0.385 e. The monoisotopic (exact) mass is 371 g/mol. The highest BCUT2D eigenvalue weighted by atomic mass is 16.3. The van der Waals surface area contributed by atoms with Crippen LogP contribution in [-0.2, 0) is 5.60 Å². The maximum atomic E-state index is 12.2. The molecule has 0 aromatic heterocycles. The van der Waals surface area contributed by atoms with E-state index >= 15 is 0 Å². The summed E-state index contributed by atoms with van der Waals surface area (Å²) in [5.41, 5.74) is 2.68. The molecule has 0 saturated carbocycles. The molecule has 3 aromatic carbocycles. The van der Waals surface area contributed by atoms with Gasteiger partial charge < -0.3 is 5.11 Å². The number of benzene rings is 3. The fraction of sp³-hybridized carbons (Fsp3) is 0.308. The van der Waals surface area contributed by atoms with E-state index in [0.29, 0.717) is 6.42 Å². The molecule has 3 aromatic rings. The zero-order valence-electron chi connectivity index (χ0n) is 16.7. The highest BCUT2D eigenvalue weighted by Gasteiger charge is 2.51. The molecule has 144 valence electrons. The fourth-order valence-electron chi connectivity index (χ4n) is 5.09. The summed E-state index contributed by atoms with van der Waals surface area (Å²) in [6.07, 6.45) is 1.61. The summed E-state index contributed by atoms with van der Waals surface area (Å²) >= 11 is 0. The fourth-order valence-corrected chi connectivity index (χ4v) is 5.09. The number of aliphatic hydroxyl groups is 1. The Morgan fingerprint density at radius 2 is 1.32 bits per heavy atom. The highest BCUT2D eigenvalue weighted by Crippen LogP contribution is 2.54. The topological polar surface area (TPSA) is 23.5 Å². The summed E-state index contributed by atoms with van der Waals surface area (Å²) in [6, 6.07) is 31.8. The number of piperidine rings is 1. The second kappa shape index (κ2) is 7.90. The van der Waals surface area contributed by atoms with Crippen LogP contribution in [0.1, 0.15) is 48.5 Å². The Kier molecular flexibility index (Phi) is 5.34. The smallest absolute Gasteiger partial charge is 0.0960 e. The van der Waals surface area contributed by atoms with E-state index in [0.717, 1.165) is 12.0 Å². The number of nitrogens with zero attached hydrogens (tertiary/aromatic N) is 1. The standard InChI is InChI=1S/C26H29NO/c1-3-23-25(21-15-9-5-10-16-21)27(2)24(20-13-7-4-8-14-20)19-26(23,28)22-17-11-6-12-18-22/h4-18,23-25,28H,3,19H2,1-2H3/t23-,24+,25-,26+/m1/s1. The maximum Gasteiger partial charge on any atom is 0.0960 e. The van der Waals surface area contributed by atoms with Gasteiger partial charge in [-0.2, -0.15) is 0 Å². The summed E-state index contributed by atoms with van der Waals surface area (Å²) in [6.45, 7) is 2.20. The first-order chi connectivity index (χ1) is 13.6. The normalized spacial score (nSPS) is 28.2. The van der Waals surface area contributed by atoms with Crippen molar-refractivity contribution in [3.8, 4) is 0 Å². The quantitative estimate of drug-likeness (QED) is 0.634. The Bertz CT molecular complexity index is 880. The van der Waals surface area contributed by atoms with Gasteiger partial charge in [0.1, 0.15) is 0 Å². The van der Waals surface area contributed by atoms with Crippen molar-refractivity contribution < 1.29 is 5.11 Å². The first-order valence-corrected chi connectivity index (χ1v) is 10.2. The van der Waals surface area contributed by atoms with Gasteiger partial charge in [-0.1, -0.05) is 97.9 Å². The summed E-state index contributed by atoms with van der Waals surface area (Å²) < 4.78 is 0. The number of likely N-dealkylation sites (tertiary alicyclic amines) is 1. The Labute approximate surface area is 168 Å². The highest BCUT2D eigenvalue weighted by molar-refractivity contribution is 5.32. The van der Waals surface area contributed by atoms with E-state index in [4.69, 9.17) is 0 Å². The van der Waals surface area contributed by atoms with Gasteiger partial charge in [0.2, 0.25) is 0 Å². The molecular weight excluding hydrogens is 342 g/mol. The molecule has 0 unspecified atom stereocenters. The van der Waals surface area contributed by atoms with E-state index < -0.39 is 5.60 Å². The van der Waals surface area contributed by atoms with Crippen LogP contribution < -0.4 is 0 Å². The lowest BCUT2D eigenvalue weighted by molar-refractivity contribution is -0.128. The van der Waals surface area contributed by atoms with Crippen molar-refractivity contribution in [2.24, 2.45) is 5.92 Å². The Balaban J connectivity index is 1.86. The van der Waals surface area contributed by atoms with Gasteiger partial charge in [0.05, 0.1) is 5.60 Å². The summed E-state index contributed by atoms with van der Waals surface area (Å²) in [5, 5.41) is 12.2. The molecule has 4 atom stereocenters. The van der Waals surface area contributed by atoms with Gasteiger partial charge in [-0.05, 0) is 30.2 Å². The van der Waals surface area contributed by atoms with Gasteiger partial charge in [0.25, 0.3) is 0 Å². The average Bonchev–Trinajstić information content (AvgIpc) is 2.76. The Morgan fingerprint density at radius 3 is 1.86 bits per heavy atom. The van der Waals surface area contributed by atoms with E-state index in [1.165, 1.54) is 11.1 Å². The van der Waals surface area contributed by atoms with Crippen molar-refractivity contribution in [3.63, 3.8) is 0 Å². The molecular formula is C26H29NO. The van der Waals surface area contributed by atoms with Gasteiger partial charge in [-0.25, -0.2) is 0 Å². The van der Waals surface area contributed by atoms with E-state index in [2.05, 4.69) is 91.7 Å². The predicted octanol–water partition coefficient (Wildman–Crippen LogP) is 5.72. The summed E-state index contributed by atoms with van der Waals surface area (Å²) in [4.78, 5) is 2.47. The molecule has 1 fully saturated rings. The molecule has 2 nitrogen and oxygen atoms in total. The first kappa shape index (κ1) is 18.9. The zero-order valence-corrected chi connectivity index (χ0v) is 16.7. The Morgan fingerprint density at radius 1 is 0.821 bits per heavy atom. The molecule has 1 heterocycles. The van der Waals surface area contributed by atoms with Gasteiger partial charge >= 0.3 is 0 Å². The number of hydrogen-bond acceptors (Lipinski definition) is 2. The van der Waals surface area contributed by atoms with Gasteiger partial charge in [0, 0.05) is 24.4 Å². The van der Waals surface area contributed by atoms with E-state index in [1.54, 1.807) is 0 Å². The number of hydrogen-bond donors (Lipinski definition) is 1. The van der Waals surface area contributed by atoms with Gasteiger partial charge in [-0.3, -0.25) is 4.90 Å². The minimum absolute atomic E-state index is 0.113. The van der Waals surface area contributed by atoms with Crippen molar-refractivity contribution in [2.75, 3.05) is 7.05 Å². The molecule has 0 spiro atoms. The van der Waals surface area contributed by atoms with Crippen LogP contribution in [0.4, 0.5) is 0 Å². The second-order valence-electron chi connectivity index (χ2n) is 7.96. The lowest BCUT2D eigenvalue weighted by Gasteiger charge is -2.53. The largest absolute Gasteiger partial charge is 0.385 e.